The maximum Gasteiger partial charge on any atom is 0.249 e. The molecule has 82 valence electrons. The predicted octanol–water partition coefficient (Wildman–Crippen LogP) is 0.944. The molecule has 3 nitrogen and oxygen atoms in total. The standard InChI is InChI=1S/C11H8F2N2O/c1-2-3-15-8-5-6(12)4-7(13)9(8)10(14)11(15)16/h1,4-5,10H,3,14H2. The van der Waals surface area contributed by atoms with E-state index in [-0.39, 0.29) is 17.8 Å². The van der Waals surface area contributed by atoms with Crippen molar-refractivity contribution in [2.24, 2.45) is 5.73 Å². The number of amides is 1. The Morgan fingerprint density at radius 3 is 2.81 bits per heavy atom. The van der Waals surface area contributed by atoms with Gasteiger partial charge in [0.1, 0.15) is 17.7 Å². The number of rotatable bonds is 1. The molecule has 16 heavy (non-hydrogen) atoms. The van der Waals surface area contributed by atoms with Crippen LogP contribution in [0.1, 0.15) is 11.6 Å². The summed E-state index contributed by atoms with van der Waals surface area (Å²) in [5, 5.41) is 0. The number of anilines is 1. The Kier molecular flexibility index (Phi) is 2.37. The summed E-state index contributed by atoms with van der Waals surface area (Å²) in [6.45, 7) is -0.0531. The first-order valence-corrected chi connectivity index (χ1v) is 4.55. The van der Waals surface area contributed by atoms with Gasteiger partial charge in [-0.3, -0.25) is 9.69 Å². The van der Waals surface area contributed by atoms with Crippen LogP contribution in [0.2, 0.25) is 0 Å². The van der Waals surface area contributed by atoms with Crippen LogP contribution in [0.15, 0.2) is 12.1 Å². The van der Waals surface area contributed by atoms with E-state index in [1.807, 2.05) is 0 Å². The highest BCUT2D eigenvalue weighted by atomic mass is 19.1. The molecule has 0 saturated heterocycles. The highest BCUT2D eigenvalue weighted by Crippen LogP contribution is 2.36. The smallest absolute Gasteiger partial charge is 0.249 e. The molecule has 0 saturated carbocycles. The van der Waals surface area contributed by atoms with Gasteiger partial charge in [-0.15, -0.1) is 6.42 Å². The van der Waals surface area contributed by atoms with Crippen molar-refractivity contribution in [2.75, 3.05) is 11.4 Å². The second-order valence-corrected chi connectivity index (χ2v) is 3.43. The summed E-state index contributed by atoms with van der Waals surface area (Å²) >= 11 is 0. The van der Waals surface area contributed by atoms with Gasteiger partial charge in [0.05, 0.1) is 12.2 Å². The van der Waals surface area contributed by atoms with Gasteiger partial charge in [-0.05, 0) is 6.07 Å². The molecule has 1 aromatic rings. The number of carbonyl (C=O) groups excluding carboxylic acids is 1. The topological polar surface area (TPSA) is 46.3 Å². The van der Waals surface area contributed by atoms with Gasteiger partial charge in [-0.25, -0.2) is 8.78 Å². The third kappa shape index (κ3) is 1.35. The quantitative estimate of drug-likeness (QED) is 0.719. The van der Waals surface area contributed by atoms with E-state index in [0.29, 0.717) is 6.07 Å². The predicted molar refractivity (Wildman–Crippen MR) is 54.5 cm³/mol. The zero-order valence-electron chi connectivity index (χ0n) is 8.21. The highest BCUT2D eigenvalue weighted by Gasteiger charge is 2.37. The van der Waals surface area contributed by atoms with Crippen LogP contribution in [0.5, 0.6) is 0 Å². The summed E-state index contributed by atoms with van der Waals surface area (Å²) in [6.07, 6.45) is 5.08. The number of nitrogens with two attached hydrogens (primary N) is 1. The van der Waals surface area contributed by atoms with Gasteiger partial charge in [-0.1, -0.05) is 5.92 Å². The average molecular weight is 222 g/mol. The van der Waals surface area contributed by atoms with E-state index in [1.54, 1.807) is 0 Å². The van der Waals surface area contributed by atoms with E-state index in [1.165, 1.54) is 0 Å². The number of halogens is 2. The first-order chi connectivity index (χ1) is 7.56. The van der Waals surface area contributed by atoms with E-state index >= 15 is 0 Å². The number of terminal acetylenes is 1. The SMILES string of the molecule is C#CCN1C(=O)C(N)c2c(F)cc(F)cc21. The van der Waals surface area contributed by atoms with Gasteiger partial charge in [0.2, 0.25) is 5.91 Å². The molecule has 5 heteroatoms. The number of hydrogen-bond acceptors (Lipinski definition) is 2. The monoisotopic (exact) mass is 222 g/mol. The van der Waals surface area contributed by atoms with Crippen molar-refractivity contribution in [1.29, 1.82) is 0 Å². The number of benzene rings is 1. The summed E-state index contributed by atoms with van der Waals surface area (Å²) in [7, 11) is 0. The van der Waals surface area contributed by atoms with Crippen LogP contribution in [-0.4, -0.2) is 12.5 Å². The molecule has 0 radical (unpaired) electrons. The molecule has 0 fully saturated rings. The largest absolute Gasteiger partial charge is 0.316 e. The van der Waals surface area contributed by atoms with Crippen molar-refractivity contribution in [2.45, 2.75) is 6.04 Å². The zero-order valence-corrected chi connectivity index (χ0v) is 8.21. The Labute approximate surface area is 90.8 Å². The normalized spacial score (nSPS) is 18.5. The molecule has 1 atom stereocenters. The Morgan fingerprint density at radius 1 is 1.50 bits per heavy atom. The average Bonchev–Trinajstić information content (AvgIpc) is 2.44. The van der Waals surface area contributed by atoms with E-state index in [2.05, 4.69) is 5.92 Å². The van der Waals surface area contributed by atoms with Gasteiger partial charge < -0.3 is 5.73 Å². The second-order valence-electron chi connectivity index (χ2n) is 3.43. The van der Waals surface area contributed by atoms with Crippen molar-refractivity contribution in [1.82, 2.24) is 0 Å². The number of nitrogens with zero attached hydrogens (tertiary/aromatic N) is 1. The zero-order chi connectivity index (χ0) is 11.9. The third-order valence-corrected chi connectivity index (χ3v) is 2.46. The molecule has 1 aromatic carbocycles. The fourth-order valence-electron chi connectivity index (χ4n) is 1.77. The molecule has 0 bridgehead atoms. The summed E-state index contributed by atoms with van der Waals surface area (Å²) in [5.74, 6) is 0.141. The molecule has 0 spiro atoms. The number of hydrogen-bond donors (Lipinski definition) is 1. The van der Waals surface area contributed by atoms with Crippen LogP contribution in [0.25, 0.3) is 0 Å². The van der Waals surface area contributed by atoms with Crippen LogP contribution in [0, 0.1) is 24.0 Å². The second kappa shape index (κ2) is 3.58. The van der Waals surface area contributed by atoms with Crippen molar-refractivity contribution in [3.05, 3.63) is 29.3 Å². The van der Waals surface area contributed by atoms with Gasteiger partial charge in [-0.2, -0.15) is 0 Å². The molecular formula is C11H8F2N2O. The minimum atomic E-state index is -1.11. The Bertz CT molecular complexity index is 507. The lowest BCUT2D eigenvalue weighted by atomic mass is 10.1. The molecular weight excluding hydrogens is 214 g/mol. The van der Waals surface area contributed by atoms with E-state index in [4.69, 9.17) is 12.2 Å². The molecule has 1 heterocycles. The summed E-state index contributed by atoms with van der Waals surface area (Å²) in [5.41, 5.74) is 5.66. The lowest BCUT2D eigenvalue weighted by Gasteiger charge is -2.13. The van der Waals surface area contributed by atoms with Crippen molar-refractivity contribution in [3.63, 3.8) is 0 Å². The molecule has 1 aliphatic heterocycles. The summed E-state index contributed by atoms with van der Waals surface area (Å²) < 4.78 is 26.5. The Hall–Kier alpha value is -1.93. The molecule has 2 rings (SSSR count). The van der Waals surface area contributed by atoms with Gasteiger partial charge in [0, 0.05) is 11.6 Å². The third-order valence-electron chi connectivity index (χ3n) is 2.46. The molecule has 0 aliphatic carbocycles. The molecule has 2 N–H and O–H groups in total. The first kappa shape index (κ1) is 10.6. The van der Waals surface area contributed by atoms with Crippen molar-refractivity contribution in [3.8, 4) is 12.3 Å². The summed E-state index contributed by atoms with van der Waals surface area (Å²) in [6, 6.07) is 0.648. The fourth-order valence-corrected chi connectivity index (χ4v) is 1.77. The number of fused-ring (bicyclic) bond motifs is 1. The molecule has 0 aromatic heterocycles. The minimum absolute atomic E-state index is 0.00153. The van der Waals surface area contributed by atoms with Gasteiger partial charge in [0.15, 0.2) is 0 Å². The van der Waals surface area contributed by atoms with Crippen molar-refractivity contribution < 1.29 is 13.6 Å². The molecule has 1 aliphatic rings. The van der Waals surface area contributed by atoms with E-state index in [9.17, 15) is 13.6 Å². The van der Waals surface area contributed by atoms with Crippen LogP contribution in [0.3, 0.4) is 0 Å². The summed E-state index contributed by atoms with van der Waals surface area (Å²) in [4.78, 5) is 12.7. The lowest BCUT2D eigenvalue weighted by Crippen LogP contribution is -2.31. The van der Waals surface area contributed by atoms with Crippen LogP contribution in [-0.2, 0) is 4.79 Å². The molecule has 1 amide bonds. The van der Waals surface area contributed by atoms with E-state index in [0.717, 1.165) is 11.0 Å². The highest BCUT2D eigenvalue weighted by molar-refractivity contribution is 6.04. The lowest BCUT2D eigenvalue weighted by molar-refractivity contribution is -0.119. The number of carbonyl (C=O) groups is 1. The maximum absolute atomic E-state index is 13.4. The van der Waals surface area contributed by atoms with Gasteiger partial charge >= 0.3 is 0 Å². The van der Waals surface area contributed by atoms with Crippen LogP contribution < -0.4 is 10.6 Å². The minimum Gasteiger partial charge on any atom is -0.316 e. The maximum atomic E-state index is 13.4. The van der Waals surface area contributed by atoms with Crippen LogP contribution >= 0.6 is 0 Å². The first-order valence-electron chi connectivity index (χ1n) is 4.55. The molecule has 1 unspecified atom stereocenters. The Morgan fingerprint density at radius 2 is 2.19 bits per heavy atom. The Balaban J connectivity index is 2.61. The van der Waals surface area contributed by atoms with Crippen LogP contribution in [0.4, 0.5) is 14.5 Å². The van der Waals surface area contributed by atoms with Crippen molar-refractivity contribution >= 4 is 11.6 Å². The fraction of sp³-hybridized carbons (Fsp3) is 0.182. The van der Waals surface area contributed by atoms with Gasteiger partial charge in [0.25, 0.3) is 0 Å². The van der Waals surface area contributed by atoms with E-state index < -0.39 is 23.6 Å².